The number of aryl methyl sites for hydroxylation is 1. The van der Waals surface area contributed by atoms with Crippen molar-refractivity contribution in [3.8, 4) is 6.07 Å². The maximum atomic E-state index is 11.8. The molecule has 17 heavy (non-hydrogen) atoms. The fraction of sp³-hybridized carbons (Fsp3) is 0.417. The van der Waals surface area contributed by atoms with Gasteiger partial charge in [-0.3, -0.25) is 4.72 Å². The van der Waals surface area contributed by atoms with Crippen LogP contribution < -0.4 is 4.72 Å². The highest BCUT2D eigenvalue weighted by atomic mass is 32.2. The largest absolute Gasteiger partial charge is 0.283 e. The molecule has 0 amide bonds. The molecule has 0 aliphatic heterocycles. The molecule has 0 unspecified atom stereocenters. The van der Waals surface area contributed by atoms with Gasteiger partial charge in [-0.1, -0.05) is 6.07 Å². The third kappa shape index (κ3) is 3.21. The maximum absolute atomic E-state index is 11.8. The van der Waals surface area contributed by atoms with Crippen LogP contribution in [0.3, 0.4) is 0 Å². The Balaban J connectivity index is 2.19. The lowest BCUT2D eigenvalue weighted by atomic mass is 10.1. The van der Waals surface area contributed by atoms with Crippen LogP contribution in [0.2, 0.25) is 0 Å². The van der Waals surface area contributed by atoms with Gasteiger partial charge in [-0.05, 0) is 43.4 Å². The van der Waals surface area contributed by atoms with Gasteiger partial charge < -0.3 is 0 Å². The van der Waals surface area contributed by atoms with Gasteiger partial charge in [-0.15, -0.1) is 0 Å². The Morgan fingerprint density at radius 3 is 2.76 bits per heavy atom. The molecule has 0 saturated heterocycles. The van der Waals surface area contributed by atoms with Crippen molar-refractivity contribution in [2.45, 2.75) is 19.8 Å². The summed E-state index contributed by atoms with van der Waals surface area (Å²) in [4.78, 5) is 0. The summed E-state index contributed by atoms with van der Waals surface area (Å²) < 4.78 is 26.2. The second-order valence-electron chi connectivity index (χ2n) is 4.47. The SMILES string of the molecule is Cc1ccc(C#N)cc1NS(=O)(=O)CC1CC1. The minimum atomic E-state index is -3.28. The van der Waals surface area contributed by atoms with Crippen LogP contribution in [-0.2, 0) is 10.0 Å². The van der Waals surface area contributed by atoms with E-state index in [0.717, 1.165) is 18.4 Å². The summed E-state index contributed by atoms with van der Waals surface area (Å²) in [6.07, 6.45) is 2.00. The number of sulfonamides is 1. The first-order chi connectivity index (χ1) is 8.00. The first-order valence-corrected chi connectivity index (χ1v) is 7.16. The van der Waals surface area contributed by atoms with Crippen molar-refractivity contribution in [1.29, 1.82) is 5.26 Å². The fourth-order valence-corrected chi connectivity index (χ4v) is 3.20. The molecule has 5 heteroatoms. The summed E-state index contributed by atoms with van der Waals surface area (Å²) in [5, 5.41) is 8.78. The molecule has 0 radical (unpaired) electrons. The molecule has 1 aliphatic rings. The molecular weight excluding hydrogens is 236 g/mol. The molecule has 0 atom stereocenters. The predicted octanol–water partition coefficient (Wildman–Crippen LogP) is 2.02. The molecule has 0 spiro atoms. The van der Waals surface area contributed by atoms with E-state index in [1.54, 1.807) is 18.2 Å². The molecule has 1 N–H and O–H groups in total. The Labute approximate surface area is 101 Å². The van der Waals surface area contributed by atoms with Crippen molar-refractivity contribution in [2.24, 2.45) is 5.92 Å². The van der Waals surface area contributed by atoms with Gasteiger partial charge in [0, 0.05) is 0 Å². The molecule has 1 fully saturated rings. The number of nitriles is 1. The zero-order chi connectivity index (χ0) is 12.5. The minimum Gasteiger partial charge on any atom is -0.283 e. The summed E-state index contributed by atoms with van der Waals surface area (Å²) in [7, 11) is -3.28. The zero-order valence-corrected chi connectivity index (χ0v) is 10.4. The lowest BCUT2D eigenvalue weighted by Crippen LogP contribution is -2.18. The molecular formula is C12H14N2O2S. The average molecular weight is 250 g/mol. The number of hydrogen-bond donors (Lipinski definition) is 1. The van der Waals surface area contributed by atoms with Gasteiger partial charge in [0.15, 0.2) is 0 Å². The highest BCUT2D eigenvalue weighted by Gasteiger charge is 2.28. The predicted molar refractivity (Wildman–Crippen MR) is 66.0 cm³/mol. The Kier molecular flexibility index (Phi) is 3.07. The molecule has 0 bridgehead atoms. The summed E-state index contributed by atoms with van der Waals surface area (Å²) in [5.74, 6) is 0.496. The van der Waals surface area contributed by atoms with Crippen molar-refractivity contribution in [2.75, 3.05) is 10.5 Å². The van der Waals surface area contributed by atoms with E-state index in [1.165, 1.54) is 0 Å². The number of nitrogens with zero attached hydrogens (tertiary/aromatic N) is 1. The molecule has 1 aromatic rings. The third-order valence-corrected chi connectivity index (χ3v) is 4.23. The molecule has 1 aliphatic carbocycles. The van der Waals surface area contributed by atoms with Gasteiger partial charge in [0.25, 0.3) is 0 Å². The highest BCUT2D eigenvalue weighted by Crippen LogP contribution is 2.31. The molecule has 90 valence electrons. The van der Waals surface area contributed by atoms with E-state index in [9.17, 15) is 8.42 Å². The van der Waals surface area contributed by atoms with Crippen molar-refractivity contribution >= 4 is 15.7 Å². The van der Waals surface area contributed by atoms with Gasteiger partial charge in [0.1, 0.15) is 0 Å². The molecule has 0 heterocycles. The number of hydrogen-bond acceptors (Lipinski definition) is 3. The van der Waals surface area contributed by atoms with Crippen molar-refractivity contribution < 1.29 is 8.42 Å². The molecule has 2 rings (SSSR count). The topological polar surface area (TPSA) is 70.0 Å². The average Bonchev–Trinajstić information content (AvgIpc) is 3.04. The maximum Gasteiger partial charge on any atom is 0.233 e. The van der Waals surface area contributed by atoms with Crippen molar-refractivity contribution in [3.05, 3.63) is 29.3 Å². The molecule has 1 saturated carbocycles. The van der Waals surface area contributed by atoms with Crippen molar-refractivity contribution in [1.82, 2.24) is 0 Å². The van der Waals surface area contributed by atoms with Crippen molar-refractivity contribution in [3.63, 3.8) is 0 Å². The van der Waals surface area contributed by atoms with Crippen LogP contribution in [0.25, 0.3) is 0 Å². The van der Waals surface area contributed by atoms with Crippen LogP contribution in [0.4, 0.5) is 5.69 Å². The Hall–Kier alpha value is -1.54. The Morgan fingerprint density at radius 1 is 1.47 bits per heavy atom. The fourth-order valence-electron chi connectivity index (χ4n) is 1.61. The van der Waals surface area contributed by atoms with Crippen LogP contribution in [0.15, 0.2) is 18.2 Å². The van der Waals surface area contributed by atoms with E-state index < -0.39 is 10.0 Å². The van der Waals surface area contributed by atoms with E-state index in [-0.39, 0.29) is 5.75 Å². The summed E-state index contributed by atoms with van der Waals surface area (Å²) in [6.45, 7) is 1.82. The summed E-state index contributed by atoms with van der Waals surface area (Å²) in [6, 6.07) is 6.99. The third-order valence-electron chi connectivity index (χ3n) is 2.78. The number of rotatable bonds is 4. The Morgan fingerprint density at radius 2 is 2.18 bits per heavy atom. The van der Waals surface area contributed by atoms with E-state index in [0.29, 0.717) is 17.2 Å². The highest BCUT2D eigenvalue weighted by molar-refractivity contribution is 7.92. The smallest absolute Gasteiger partial charge is 0.233 e. The summed E-state index contributed by atoms with van der Waals surface area (Å²) in [5.41, 5.74) is 1.78. The minimum absolute atomic E-state index is 0.184. The lowest BCUT2D eigenvalue weighted by molar-refractivity contribution is 0.597. The normalized spacial score (nSPS) is 15.3. The number of benzene rings is 1. The standard InChI is InChI=1S/C12H14N2O2S/c1-9-2-3-11(7-13)6-12(9)14-17(15,16)8-10-4-5-10/h2-3,6,10,14H,4-5,8H2,1H3. The van der Waals surface area contributed by atoms with E-state index in [2.05, 4.69) is 4.72 Å². The van der Waals surface area contributed by atoms with E-state index in [1.807, 2.05) is 13.0 Å². The quantitative estimate of drug-likeness (QED) is 0.888. The van der Waals surface area contributed by atoms with Gasteiger partial charge in [-0.2, -0.15) is 5.26 Å². The van der Waals surface area contributed by atoms with Crippen LogP contribution in [-0.4, -0.2) is 14.2 Å². The van der Waals surface area contributed by atoms with Crippen LogP contribution >= 0.6 is 0 Å². The lowest BCUT2D eigenvalue weighted by Gasteiger charge is -2.10. The van der Waals surface area contributed by atoms with Gasteiger partial charge in [0.2, 0.25) is 10.0 Å². The summed E-state index contributed by atoms with van der Waals surface area (Å²) >= 11 is 0. The Bertz CT molecular complexity index is 569. The number of anilines is 1. The monoisotopic (exact) mass is 250 g/mol. The van der Waals surface area contributed by atoms with Crippen LogP contribution in [0.1, 0.15) is 24.0 Å². The second-order valence-corrected chi connectivity index (χ2v) is 6.24. The first kappa shape index (κ1) is 11.9. The van der Waals surface area contributed by atoms with E-state index in [4.69, 9.17) is 5.26 Å². The molecule has 1 aromatic carbocycles. The van der Waals surface area contributed by atoms with E-state index >= 15 is 0 Å². The van der Waals surface area contributed by atoms with Crippen LogP contribution in [0, 0.1) is 24.2 Å². The molecule has 4 nitrogen and oxygen atoms in total. The zero-order valence-electron chi connectivity index (χ0n) is 9.60. The molecule has 0 aromatic heterocycles. The first-order valence-electron chi connectivity index (χ1n) is 5.51. The van der Waals surface area contributed by atoms with Gasteiger partial charge in [-0.25, -0.2) is 8.42 Å². The number of nitrogens with one attached hydrogen (secondary N) is 1. The van der Waals surface area contributed by atoms with Gasteiger partial charge >= 0.3 is 0 Å². The second kappa shape index (κ2) is 4.38. The van der Waals surface area contributed by atoms with Gasteiger partial charge in [0.05, 0.1) is 23.1 Å². The van der Waals surface area contributed by atoms with Crippen LogP contribution in [0.5, 0.6) is 0 Å².